The molecule has 0 aliphatic carbocycles. The van der Waals surface area contributed by atoms with Gasteiger partial charge in [0.2, 0.25) is 0 Å². The molecule has 0 saturated carbocycles. The molecule has 2 aromatic carbocycles. The Balaban J connectivity index is 1.63. The Morgan fingerprint density at radius 2 is 1.96 bits per heavy atom. The van der Waals surface area contributed by atoms with E-state index in [4.69, 9.17) is 4.42 Å². The smallest absolute Gasteiger partial charge is 0.252 e. The molecule has 4 aromatic rings. The molecule has 118 valence electrons. The van der Waals surface area contributed by atoms with E-state index in [9.17, 15) is 4.79 Å². The average molecular weight is 316 g/mol. The van der Waals surface area contributed by atoms with Crippen molar-refractivity contribution in [3.8, 4) is 0 Å². The van der Waals surface area contributed by atoms with E-state index >= 15 is 0 Å². The van der Waals surface area contributed by atoms with Crippen molar-refractivity contribution in [1.82, 2.24) is 10.3 Å². The van der Waals surface area contributed by atoms with Crippen molar-refractivity contribution in [2.24, 2.45) is 0 Å². The summed E-state index contributed by atoms with van der Waals surface area (Å²) in [6, 6.07) is 18.8. The number of rotatable bonds is 3. The number of carbonyl (C=O) groups is 1. The Morgan fingerprint density at radius 1 is 1.08 bits per heavy atom. The molecule has 4 nitrogen and oxygen atoms in total. The first-order valence-electron chi connectivity index (χ1n) is 7.85. The molecule has 0 aliphatic rings. The summed E-state index contributed by atoms with van der Waals surface area (Å²) in [7, 11) is 0. The number of hydrogen-bond donors (Lipinski definition) is 1. The molecule has 1 atom stereocenters. The zero-order chi connectivity index (χ0) is 16.5. The van der Waals surface area contributed by atoms with Gasteiger partial charge >= 0.3 is 0 Å². The summed E-state index contributed by atoms with van der Waals surface area (Å²) in [6.45, 7) is 1.92. The molecule has 1 amide bonds. The van der Waals surface area contributed by atoms with Gasteiger partial charge in [-0.25, -0.2) is 0 Å². The summed E-state index contributed by atoms with van der Waals surface area (Å²) < 4.78 is 5.83. The molecule has 4 rings (SSSR count). The van der Waals surface area contributed by atoms with E-state index < -0.39 is 0 Å². The molecule has 0 radical (unpaired) electrons. The highest BCUT2D eigenvalue weighted by atomic mass is 16.3. The molecular formula is C20H16N2O2. The van der Waals surface area contributed by atoms with Crippen LogP contribution >= 0.6 is 0 Å². The molecule has 0 saturated heterocycles. The van der Waals surface area contributed by atoms with Gasteiger partial charge in [0.15, 0.2) is 0 Å². The molecular weight excluding hydrogens is 300 g/mol. The summed E-state index contributed by atoms with van der Waals surface area (Å²) in [5.41, 5.74) is 2.24. The minimum Gasteiger partial charge on any atom is -0.459 e. The number of aromatic nitrogens is 1. The van der Waals surface area contributed by atoms with Crippen molar-refractivity contribution in [2.45, 2.75) is 13.0 Å². The summed E-state index contributed by atoms with van der Waals surface area (Å²) in [5.74, 6) is 0.601. The fraction of sp³-hybridized carbons (Fsp3) is 0.100. The van der Waals surface area contributed by atoms with Gasteiger partial charge in [0, 0.05) is 22.5 Å². The van der Waals surface area contributed by atoms with E-state index in [0.717, 1.165) is 27.6 Å². The first kappa shape index (κ1) is 14.5. The fourth-order valence-electron chi connectivity index (χ4n) is 2.86. The van der Waals surface area contributed by atoms with E-state index in [0.29, 0.717) is 5.56 Å². The second-order valence-corrected chi connectivity index (χ2v) is 5.76. The fourth-order valence-corrected chi connectivity index (χ4v) is 2.86. The monoisotopic (exact) mass is 316 g/mol. The van der Waals surface area contributed by atoms with Crippen molar-refractivity contribution in [2.75, 3.05) is 0 Å². The van der Waals surface area contributed by atoms with Crippen LogP contribution in [0, 0.1) is 0 Å². The van der Waals surface area contributed by atoms with Crippen LogP contribution in [0.3, 0.4) is 0 Å². The molecule has 0 spiro atoms. The lowest BCUT2D eigenvalue weighted by Gasteiger charge is -2.12. The number of amides is 1. The van der Waals surface area contributed by atoms with Gasteiger partial charge in [-0.1, -0.05) is 30.3 Å². The van der Waals surface area contributed by atoms with E-state index in [-0.39, 0.29) is 11.9 Å². The number of hydrogen-bond acceptors (Lipinski definition) is 3. The van der Waals surface area contributed by atoms with Gasteiger partial charge in [0.05, 0.1) is 11.6 Å². The van der Waals surface area contributed by atoms with Gasteiger partial charge in [-0.3, -0.25) is 9.78 Å². The third-order valence-corrected chi connectivity index (χ3v) is 4.11. The van der Waals surface area contributed by atoms with E-state index in [1.165, 1.54) is 0 Å². The van der Waals surface area contributed by atoms with Gasteiger partial charge in [-0.05, 0) is 37.3 Å². The van der Waals surface area contributed by atoms with Gasteiger partial charge in [-0.2, -0.15) is 0 Å². The lowest BCUT2D eigenvalue weighted by atomic mass is 10.1. The maximum Gasteiger partial charge on any atom is 0.252 e. The topological polar surface area (TPSA) is 55.1 Å². The van der Waals surface area contributed by atoms with E-state index in [1.807, 2.05) is 67.6 Å². The summed E-state index contributed by atoms with van der Waals surface area (Å²) in [4.78, 5) is 17.0. The van der Waals surface area contributed by atoms with Crippen molar-refractivity contribution in [1.29, 1.82) is 0 Å². The Bertz CT molecular complexity index is 998. The minimum atomic E-state index is -0.225. The van der Waals surface area contributed by atoms with Gasteiger partial charge < -0.3 is 9.73 Å². The van der Waals surface area contributed by atoms with E-state index in [1.54, 1.807) is 6.20 Å². The Labute approximate surface area is 139 Å². The number of benzene rings is 2. The highest BCUT2D eigenvalue weighted by Gasteiger charge is 2.17. The van der Waals surface area contributed by atoms with Crippen LogP contribution in [0.4, 0.5) is 0 Å². The zero-order valence-corrected chi connectivity index (χ0v) is 13.2. The van der Waals surface area contributed by atoms with Crippen LogP contribution in [0.25, 0.3) is 21.9 Å². The summed E-state index contributed by atoms with van der Waals surface area (Å²) in [5, 5.41) is 4.88. The van der Waals surface area contributed by atoms with Crippen LogP contribution in [0.15, 0.2) is 71.3 Å². The van der Waals surface area contributed by atoms with Crippen LogP contribution in [-0.4, -0.2) is 10.9 Å². The Hall–Kier alpha value is -3.14. The zero-order valence-electron chi connectivity index (χ0n) is 13.2. The molecule has 24 heavy (non-hydrogen) atoms. The highest BCUT2D eigenvalue weighted by molar-refractivity contribution is 6.06. The normalized spacial score (nSPS) is 12.4. The number of fused-ring (bicyclic) bond motifs is 2. The maximum atomic E-state index is 12.7. The van der Waals surface area contributed by atoms with Crippen LogP contribution in [-0.2, 0) is 0 Å². The predicted octanol–water partition coefficient (Wildman–Crippen LogP) is 4.47. The van der Waals surface area contributed by atoms with Crippen LogP contribution in [0.1, 0.15) is 29.1 Å². The maximum absolute atomic E-state index is 12.7. The molecule has 0 aliphatic heterocycles. The number of furan rings is 1. The van der Waals surface area contributed by atoms with Crippen molar-refractivity contribution < 1.29 is 9.21 Å². The minimum absolute atomic E-state index is 0.137. The highest BCUT2D eigenvalue weighted by Crippen LogP contribution is 2.24. The van der Waals surface area contributed by atoms with Gasteiger partial charge in [0.1, 0.15) is 11.3 Å². The van der Waals surface area contributed by atoms with Crippen molar-refractivity contribution in [3.05, 3.63) is 78.2 Å². The number of nitrogens with one attached hydrogen (secondary N) is 1. The van der Waals surface area contributed by atoms with Gasteiger partial charge in [0.25, 0.3) is 5.91 Å². The molecule has 0 bridgehead atoms. The number of pyridine rings is 1. The summed E-state index contributed by atoms with van der Waals surface area (Å²) in [6.07, 6.45) is 1.72. The molecule has 2 heterocycles. The first-order chi connectivity index (χ1) is 11.7. The number of nitrogens with zero attached hydrogens (tertiary/aromatic N) is 1. The number of carbonyl (C=O) groups excluding carboxylic acids is 1. The first-order valence-corrected chi connectivity index (χ1v) is 7.85. The molecule has 2 aromatic heterocycles. The lowest BCUT2D eigenvalue weighted by Crippen LogP contribution is -2.26. The van der Waals surface area contributed by atoms with Crippen LogP contribution < -0.4 is 5.32 Å². The SMILES string of the molecule is C[C@H](NC(=O)c1cccc2ncccc12)c1cc2ccccc2o1. The van der Waals surface area contributed by atoms with Gasteiger partial charge in [-0.15, -0.1) is 0 Å². The molecule has 1 N–H and O–H groups in total. The average Bonchev–Trinajstić information content (AvgIpc) is 3.05. The molecule has 4 heteroatoms. The Morgan fingerprint density at radius 3 is 2.83 bits per heavy atom. The molecule has 0 fully saturated rings. The van der Waals surface area contributed by atoms with E-state index in [2.05, 4.69) is 10.3 Å². The largest absolute Gasteiger partial charge is 0.459 e. The molecule has 0 unspecified atom stereocenters. The van der Waals surface area contributed by atoms with Crippen LogP contribution in [0.5, 0.6) is 0 Å². The Kier molecular flexibility index (Phi) is 3.50. The third kappa shape index (κ3) is 2.52. The predicted molar refractivity (Wildman–Crippen MR) is 93.8 cm³/mol. The number of para-hydroxylation sites is 1. The lowest BCUT2D eigenvalue weighted by molar-refractivity contribution is 0.0937. The summed E-state index contributed by atoms with van der Waals surface area (Å²) >= 11 is 0. The quantitative estimate of drug-likeness (QED) is 0.606. The second-order valence-electron chi connectivity index (χ2n) is 5.76. The standard InChI is InChI=1S/C20H16N2O2/c1-13(19-12-14-6-2-3-10-18(14)24-19)22-20(23)16-7-4-9-17-15(16)8-5-11-21-17/h2-13H,1H3,(H,22,23)/t13-/m0/s1. The van der Waals surface area contributed by atoms with Crippen molar-refractivity contribution >= 4 is 27.8 Å². The second kappa shape index (κ2) is 5.81. The van der Waals surface area contributed by atoms with Crippen molar-refractivity contribution in [3.63, 3.8) is 0 Å². The third-order valence-electron chi connectivity index (χ3n) is 4.11. The van der Waals surface area contributed by atoms with Crippen LogP contribution in [0.2, 0.25) is 0 Å².